The minimum Gasteiger partial charge on any atom is -0.456 e. The fourth-order valence-corrected chi connectivity index (χ4v) is 2.69. The van der Waals surface area contributed by atoms with Crippen molar-refractivity contribution < 1.29 is 13.9 Å². The molecule has 3 rings (SSSR count). The van der Waals surface area contributed by atoms with Gasteiger partial charge in [0.25, 0.3) is 5.56 Å². The molecule has 0 unspecified atom stereocenters. The summed E-state index contributed by atoms with van der Waals surface area (Å²) in [6.45, 7) is 2.38. The van der Waals surface area contributed by atoms with E-state index in [0.29, 0.717) is 22.9 Å². The van der Waals surface area contributed by atoms with Crippen LogP contribution in [0.5, 0.6) is 0 Å². The number of hydrogen-bond donors (Lipinski definition) is 0. The van der Waals surface area contributed by atoms with Gasteiger partial charge in [0.05, 0.1) is 5.39 Å². The molecular weight excluding hydrogens is 335 g/mol. The Morgan fingerprint density at radius 1 is 1.15 bits per heavy atom. The lowest BCUT2D eigenvalue weighted by atomic mass is 10.1. The number of unbranched alkanes of at least 4 members (excludes halogenated alkanes) is 1. The predicted molar refractivity (Wildman–Crippen MR) is 96.4 cm³/mol. The number of hydrogen-bond acceptors (Lipinski definition) is 4. The van der Waals surface area contributed by atoms with Crippen molar-refractivity contribution in [1.82, 2.24) is 9.78 Å². The van der Waals surface area contributed by atoms with Gasteiger partial charge >= 0.3 is 5.97 Å². The number of halogens is 1. The molecule has 134 valence electrons. The monoisotopic (exact) mass is 354 g/mol. The number of aryl methyl sites for hydroxylation is 1. The first-order valence-corrected chi connectivity index (χ1v) is 8.51. The Morgan fingerprint density at radius 3 is 2.65 bits per heavy atom. The molecule has 1 heterocycles. The zero-order valence-electron chi connectivity index (χ0n) is 14.4. The fraction of sp³-hybridized carbons (Fsp3) is 0.250. The summed E-state index contributed by atoms with van der Waals surface area (Å²) in [5.74, 6) is -1.04. The molecule has 0 radical (unpaired) electrons. The number of carbonyl (C=O) groups excluding carboxylic acids is 1. The molecular formula is C20H19FN2O3. The molecule has 0 spiro atoms. The van der Waals surface area contributed by atoms with Crippen LogP contribution in [0.25, 0.3) is 10.8 Å². The van der Waals surface area contributed by atoms with Crippen molar-refractivity contribution in [2.75, 3.05) is 0 Å². The highest BCUT2D eigenvalue weighted by molar-refractivity contribution is 6.02. The molecule has 0 fully saturated rings. The average Bonchev–Trinajstić information content (AvgIpc) is 2.66. The number of fused-ring (bicyclic) bond motifs is 1. The maximum absolute atomic E-state index is 13.2. The largest absolute Gasteiger partial charge is 0.456 e. The molecule has 26 heavy (non-hydrogen) atoms. The summed E-state index contributed by atoms with van der Waals surface area (Å²) in [5, 5.41) is 5.10. The van der Waals surface area contributed by atoms with E-state index in [1.54, 1.807) is 36.4 Å². The van der Waals surface area contributed by atoms with E-state index in [4.69, 9.17) is 4.74 Å². The van der Waals surface area contributed by atoms with E-state index in [9.17, 15) is 14.0 Å². The van der Waals surface area contributed by atoms with Gasteiger partial charge in [0, 0.05) is 11.9 Å². The molecule has 0 aliphatic rings. The van der Waals surface area contributed by atoms with E-state index in [2.05, 4.69) is 5.10 Å². The number of carbonyl (C=O) groups is 1. The average molecular weight is 354 g/mol. The molecule has 0 N–H and O–H groups in total. The van der Waals surface area contributed by atoms with Crippen LogP contribution in [-0.4, -0.2) is 15.7 Å². The van der Waals surface area contributed by atoms with Crippen molar-refractivity contribution >= 4 is 16.7 Å². The highest BCUT2D eigenvalue weighted by Gasteiger charge is 2.18. The van der Waals surface area contributed by atoms with Gasteiger partial charge in [-0.1, -0.05) is 43.7 Å². The van der Waals surface area contributed by atoms with E-state index in [1.807, 2.05) is 6.92 Å². The predicted octanol–water partition coefficient (Wildman–Crippen LogP) is 3.69. The minimum atomic E-state index is -0.643. The number of esters is 1. The number of aromatic nitrogens is 2. The van der Waals surface area contributed by atoms with E-state index in [0.717, 1.165) is 12.8 Å². The third-order valence-electron chi connectivity index (χ3n) is 4.04. The van der Waals surface area contributed by atoms with Crippen LogP contribution < -0.4 is 5.56 Å². The van der Waals surface area contributed by atoms with Gasteiger partial charge in [-0.15, -0.1) is 0 Å². The Hall–Kier alpha value is -3.02. The molecule has 0 aliphatic heterocycles. The van der Waals surface area contributed by atoms with Crippen molar-refractivity contribution in [2.45, 2.75) is 32.9 Å². The number of rotatable bonds is 6. The Kier molecular flexibility index (Phi) is 5.41. The lowest BCUT2D eigenvalue weighted by molar-refractivity contribution is 0.0465. The molecule has 5 nitrogen and oxygen atoms in total. The molecule has 2 aromatic carbocycles. The van der Waals surface area contributed by atoms with Crippen molar-refractivity contribution in [2.24, 2.45) is 0 Å². The number of nitrogens with zero attached hydrogens (tertiary/aromatic N) is 2. The topological polar surface area (TPSA) is 61.2 Å². The molecule has 0 saturated carbocycles. The second-order valence-corrected chi connectivity index (χ2v) is 5.98. The summed E-state index contributed by atoms with van der Waals surface area (Å²) in [7, 11) is 0. The van der Waals surface area contributed by atoms with Crippen LogP contribution in [0, 0.1) is 5.82 Å². The molecule has 0 aliphatic carbocycles. The fourth-order valence-electron chi connectivity index (χ4n) is 2.69. The molecule has 3 aromatic rings. The molecule has 0 amide bonds. The van der Waals surface area contributed by atoms with Gasteiger partial charge in [0.1, 0.15) is 12.4 Å². The van der Waals surface area contributed by atoms with Gasteiger partial charge in [-0.25, -0.2) is 13.9 Å². The van der Waals surface area contributed by atoms with Gasteiger partial charge in [0.2, 0.25) is 0 Å². The van der Waals surface area contributed by atoms with Crippen LogP contribution in [0.15, 0.2) is 53.3 Å². The summed E-state index contributed by atoms with van der Waals surface area (Å²) in [6.07, 6.45) is 1.68. The Labute approximate surface area is 150 Å². The van der Waals surface area contributed by atoms with Crippen LogP contribution in [0.2, 0.25) is 0 Å². The summed E-state index contributed by atoms with van der Waals surface area (Å²) >= 11 is 0. The number of ether oxygens (including phenoxy) is 1. The van der Waals surface area contributed by atoms with Crippen LogP contribution in [0.1, 0.15) is 35.8 Å². The summed E-state index contributed by atoms with van der Waals surface area (Å²) in [6, 6.07) is 12.7. The van der Waals surface area contributed by atoms with Crippen LogP contribution in [0.4, 0.5) is 4.39 Å². The molecule has 1 aromatic heterocycles. The first kappa shape index (κ1) is 17.8. The Morgan fingerprint density at radius 2 is 1.92 bits per heavy atom. The van der Waals surface area contributed by atoms with Gasteiger partial charge in [-0.3, -0.25) is 4.79 Å². The van der Waals surface area contributed by atoms with Gasteiger partial charge < -0.3 is 4.74 Å². The third kappa shape index (κ3) is 3.79. The smallest absolute Gasteiger partial charge is 0.359 e. The maximum Gasteiger partial charge on any atom is 0.359 e. The quantitative estimate of drug-likeness (QED) is 0.634. The summed E-state index contributed by atoms with van der Waals surface area (Å²) < 4.78 is 19.9. The van der Waals surface area contributed by atoms with Crippen LogP contribution in [0.3, 0.4) is 0 Å². The van der Waals surface area contributed by atoms with Gasteiger partial charge in [-0.2, -0.15) is 5.10 Å². The standard InChI is InChI=1S/C20H19FN2O3/c1-2-3-11-23-19(24)17-10-5-4-9-16(17)18(22-23)20(25)26-13-14-7-6-8-15(21)12-14/h4-10,12H,2-3,11,13H2,1H3. The normalized spacial score (nSPS) is 10.8. The minimum absolute atomic E-state index is 0.0688. The second-order valence-electron chi connectivity index (χ2n) is 5.98. The van der Waals surface area contributed by atoms with E-state index in [1.165, 1.54) is 16.8 Å². The highest BCUT2D eigenvalue weighted by atomic mass is 19.1. The van der Waals surface area contributed by atoms with Crippen molar-refractivity contribution in [3.05, 3.63) is 76.0 Å². The zero-order chi connectivity index (χ0) is 18.5. The van der Waals surface area contributed by atoms with Crippen molar-refractivity contribution in [3.8, 4) is 0 Å². The van der Waals surface area contributed by atoms with E-state index >= 15 is 0 Å². The molecule has 0 saturated heterocycles. The first-order valence-electron chi connectivity index (χ1n) is 8.51. The van der Waals surface area contributed by atoms with Crippen LogP contribution >= 0.6 is 0 Å². The van der Waals surface area contributed by atoms with Gasteiger partial charge in [-0.05, 0) is 30.2 Å². The first-order chi connectivity index (χ1) is 12.6. The van der Waals surface area contributed by atoms with Crippen molar-refractivity contribution in [1.29, 1.82) is 0 Å². The molecule has 0 bridgehead atoms. The third-order valence-corrected chi connectivity index (χ3v) is 4.04. The zero-order valence-corrected chi connectivity index (χ0v) is 14.4. The van der Waals surface area contributed by atoms with E-state index < -0.39 is 11.8 Å². The highest BCUT2D eigenvalue weighted by Crippen LogP contribution is 2.15. The van der Waals surface area contributed by atoms with E-state index in [-0.39, 0.29) is 17.9 Å². The lowest BCUT2D eigenvalue weighted by Gasteiger charge is -2.10. The van der Waals surface area contributed by atoms with Crippen molar-refractivity contribution in [3.63, 3.8) is 0 Å². The number of benzene rings is 2. The summed E-state index contributed by atoms with van der Waals surface area (Å²) in [4.78, 5) is 25.1. The lowest BCUT2D eigenvalue weighted by Crippen LogP contribution is -2.26. The maximum atomic E-state index is 13.2. The summed E-state index contributed by atoms with van der Waals surface area (Å²) in [5.41, 5.74) is 0.408. The Balaban J connectivity index is 1.93. The second kappa shape index (κ2) is 7.91. The van der Waals surface area contributed by atoms with Gasteiger partial charge in [0.15, 0.2) is 5.69 Å². The van der Waals surface area contributed by atoms with Crippen LogP contribution in [-0.2, 0) is 17.9 Å². The molecule has 6 heteroatoms. The molecule has 0 atom stereocenters. The SMILES string of the molecule is CCCCn1nc(C(=O)OCc2cccc(F)c2)c2ccccc2c1=O. The Bertz CT molecular complexity index is 998.